The number of amides is 1. The number of nitrogen functional groups attached to an aromatic ring is 1. The minimum Gasteiger partial charge on any atom is -0.387 e. The first-order valence-electron chi connectivity index (χ1n) is 12.1. The molecule has 1 amide bonds. The number of benzene rings is 1. The maximum absolute atomic E-state index is 12.5. The monoisotopic (exact) mass is 548 g/mol. The number of imidazole rings is 1. The zero-order valence-corrected chi connectivity index (χ0v) is 21.4. The molecule has 2 aliphatic heterocycles. The highest BCUT2D eigenvalue weighted by atomic mass is 31.2. The van der Waals surface area contributed by atoms with Crippen molar-refractivity contribution in [1.82, 2.24) is 24.8 Å². The number of phosphoric acid groups is 1. The van der Waals surface area contributed by atoms with Crippen molar-refractivity contribution in [3.8, 4) is 0 Å². The minimum atomic E-state index is -4.28. The number of aromatic nitrogens is 4. The van der Waals surface area contributed by atoms with Crippen LogP contribution in [0.1, 0.15) is 29.4 Å². The first-order valence-corrected chi connectivity index (χ1v) is 13.5. The molecular weight excluding hydrogens is 519 g/mol. The first-order chi connectivity index (χ1) is 18.3. The summed E-state index contributed by atoms with van der Waals surface area (Å²) in [6.45, 7) is 0.726. The number of fused-ring (bicyclic) bond motifs is 2. The van der Waals surface area contributed by atoms with Gasteiger partial charge in [-0.05, 0) is 25.0 Å². The van der Waals surface area contributed by atoms with Gasteiger partial charge < -0.3 is 36.4 Å². The number of anilines is 3. The van der Waals surface area contributed by atoms with Crippen LogP contribution < -0.4 is 21.7 Å². The van der Waals surface area contributed by atoms with Crippen LogP contribution in [0.25, 0.3) is 11.2 Å². The largest absolute Gasteiger partial charge is 0.472 e. The molecule has 0 saturated carbocycles. The zero-order chi connectivity index (χ0) is 26.9. The Morgan fingerprint density at radius 2 is 2.05 bits per heavy atom. The topological polar surface area (TPSA) is 208 Å². The highest BCUT2D eigenvalue weighted by molar-refractivity contribution is 7.47. The van der Waals surface area contributed by atoms with Gasteiger partial charge in [-0.15, -0.1) is 0 Å². The number of para-hydroxylation sites is 1. The summed E-state index contributed by atoms with van der Waals surface area (Å²) >= 11 is 0. The lowest BCUT2D eigenvalue weighted by Gasteiger charge is -2.27. The Morgan fingerprint density at radius 3 is 2.87 bits per heavy atom. The molecule has 2 aromatic heterocycles. The van der Waals surface area contributed by atoms with E-state index in [1.807, 2.05) is 18.2 Å². The minimum absolute atomic E-state index is 0.144. The molecule has 38 heavy (non-hydrogen) atoms. The maximum atomic E-state index is 12.5. The molecule has 5 atom stereocenters. The summed E-state index contributed by atoms with van der Waals surface area (Å²) in [5, 5.41) is 20.1. The van der Waals surface area contributed by atoms with Crippen LogP contribution in [-0.2, 0) is 18.3 Å². The Kier molecular flexibility index (Phi) is 7.47. The highest BCUT2D eigenvalue weighted by Crippen LogP contribution is 2.52. The lowest BCUT2D eigenvalue weighted by molar-refractivity contribution is -0.0659. The summed E-state index contributed by atoms with van der Waals surface area (Å²) in [6, 6.07) is 7.26. The second kappa shape index (κ2) is 10.8. The lowest BCUT2D eigenvalue weighted by Crippen LogP contribution is -2.39. The number of carbonyl (C=O) groups is 1. The van der Waals surface area contributed by atoms with Gasteiger partial charge in [0.1, 0.15) is 24.6 Å². The standard InChI is InChI=1S/C22H29N8O7P/c1-24-13-7-3-2-6-12(13)20(32)25-8-4-5-9-26-22-29-15-18(23)27-11-28-19(15)30(22)21-16(31)17-14(36-21)10-35-38(33,34)37-17/h2-3,6-7,11,14,16-17,21,24,31H,4-5,8-10H2,1H3,(H,25,32)(H,26,29)(H,33,34)(H2,23,27,28)/t14-,16-,17-,21-/m1/s1. The van der Waals surface area contributed by atoms with Crippen molar-refractivity contribution in [2.75, 3.05) is 43.1 Å². The molecule has 2 saturated heterocycles. The Labute approximate surface area is 217 Å². The maximum Gasteiger partial charge on any atom is 0.472 e. The van der Waals surface area contributed by atoms with Gasteiger partial charge >= 0.3 is 7.82 Å². The molecule has 0 aliphatic carbocycles. The zero-order valence-electron chi connectivity index (χ0n) is 20.5. The molecule has 7 N–H and O–H groups in total. The average molecular weight is 548 g/mol. The number of carbonyl (C=O) groups excluding carboxylic acids is 1. The average Bonchev–Trinajstić information content (AvgIpc) is 3.43. The molecule has 16 heteroatoms. The Hall–Kier alpha value is -3.33. The van der Waals surface area contributed by atoms with Crippen molar-refractivity contribution in [2.24, 2.45) is 0 Å². The van der Waals surface area contributed by atoms with Crippen LogP contribution in [0.3, 0.4) is 0 Å². The number of rotatable bonds is 9. The van der Waals surface area contributed by atoms with Gasteiger partial charge in [-0.3, -0.25) is 18.4 Å². The number of nitrogens with two attached hydrogens (primary N) is 1. The summed E-state index contributed by atoms with van der Waals surface area (Å²) in [7, 11) is -2.52. The number of phosphoric ester groups is 1. The Balaban J connectivity index is 1.24. The van der Waals surface area contributed by atoms with Crippen molar-refractivity contribution >= 4 is 42.3 Å². The highest BCUT2D eigenvalue weighted by Gasteiger charge is 2.53. The van der Waals surface area contributed by atoms with Gasteiger partial charge in [-0.25, -0.2) is 19.5 Å². The van der Waals surface area contributed by atoms with E-state index in [1.54, 1.807) is 13.1 Å². The molecule has 204 valence electrons. The number of hydrogen-bond acceptors (Lipinski definition) is 12. The number of nitrogens with zero attached hydrogens (tertiary/aromatic N) is 4. The molecular formula is C22H29N8O7P. The summed E-state index contributed by atoms with van der Waals surface area (Å²) in [4.78, 5) is 34.9. The number of hydrogen-bond donors (Lipinski definition) is 6. The molecule has 0 spiro atoms. The second-order valence-corrected chi connectivity index (χ2v) is 10.2. The van der Waals surface area contributed by atoms with Crippen LogP contribution in [0.2, 0.25) is 0 Å². The Bertz CT molecular complexity index is 1370. The van der Waals surface area contributed by atoms with Crippen molar-refractivity contribution < 1.29 is 33.1 Å². The number of unbranched alkanes of at least 4 members (excludes halogenated alkanes) is 1. The predicted octanol–water partition coefficient (Wildman–Crippen LogP) is 0.846. The summed E-state index contributed by atoms with van der Waals surface area (Å²) in [5.41, 5.74) is 7.94. The van der Waals surface area contributed by atoms with Crippen LogP contribution in [0.15, 0.2) is 30.6 Å². The van der Waals surface area contributed by atoms with Gasteiger partial charge in [0.25, 0.3) is 5.91 Å². The third-order valence-corrected chi connectivity index (χ3v) is 7.32. The summed E-state index contributed by atoms with van der Waals surface area (Å²) < 4.78 is 29.2. The van der Waals surface area contributed by atoms with E-state index >= 15 is 0 Å². The SMILES string of the molecule is CNc1ccccc1C(=O)NCCCCNc1nc2c(N)ncnc2n1[C@@H]1O[C@@H]2COP(=O)(O)O[C@H]2[C@H]1O. The van der Waals surface area contributed by atoms with E-state index in [-0.39, 0.29) is 18.3 Å². The third kappa shape index (κ3) is 5.16. The van der Waals surface area contributed by atoms with Crippen LogP contribution in [0.5, 0.6) is 0 Å². The summed E-state index contributed by atoms with van der Waals surface area (Å²) in [5.74, 6) is 0.298. The number of nitrogens with one attached hydrogen (secondary N) is 3. The summed E-state index contributed by atoms with van der Waals surface area (Å²) in [6.07, 6.45) is -1.57. The van der Waals surface area contributed by atoms with Crippen molar-refractivity contribution in [2.45, 2.75) is 37.4 Å². The van der Waals surface area contributed by atoms with Crippen molar-refractivity contribution in [1.29, 1.82) is 0 Å². The predicted molar refractivity (Wildman–Crippen MR) is 136 cm³/mol. The Morgan fingerprint density at radius 1 is 1.26 bits per heavy atom. The molecule has 15 nitrogen and oxygen atoms in total. The first kappa shape index (κ1) is 26.3. The quantitative estimate of drug-likeness (QED) is 0.162. The van der Waals surface area contributed by atoms with Crippen LogP contribution >= 0.6 is 7.82 Å². The van der Waals surface area contributed by atoms with E-state index in [9.17, 15) is 19.4 Å². The van der Waals surface area contributed by atoms with Gasteiger partial charge in [0.15, 0.2) is 23.2 Å². The molecule has 5 rings (SSSR count). The van der Waals surface area contributed by atoms with Crippen LogP contribution in [-0.4, -0.2) is 80.5 Å². The number of ether oxygens (including phenoxy) is 1. The molecule has 3 aromatic rings. The fourth-order valence-corrected chi connectivity index (χ4v) is 5.45. The molecule has 4 heterocycles. The fourth-order valence-electron chi connectivity index (χ4n) is 4.49. The lowest BCUT2D eigenvalue weighted by atomic mass is 10.1. The van der Waals surface area contributed by atoms with Gasteiger partial charge in [0.2, 0.25) is 5.95 Å². The van der Waals surface area contributed by atoms with Gasteiger partial charge in [0.05, 0.1) is 12.2 Å². The molecule has 2 fully saturated rings. The van der Waals surface area contributed by atoms with E-state index in [0.29, 0.717) is 48.6 Å². The normalized spacial score (nSPS) is 26.7. The van der Waals surface area contributed by atoms with Crippen molar-refractivity contribution in [3.63, 3.8) is 0 Å². The van der Waals surface area contributed by atoms with E-state index in [1.165, 1.54) is 10.9 Å². The molecule has 1 aromatic carbocycles. The van der Waals surface area contributed by atoms with Crippen molar-refractivity contribution in [3.05, 3.63) is 36.2 Å². The second-order valence-electron chi connectivity index (χ2n) is 8.81. The van der Waals surface area contributed by atoms with E-state index in [4.69, 9.17) is 19.5 Å². The van der Waals surface area contributed by atoms with Gasteiger partial charge in [-0.1, -0.05) is 12.1 Å². The molecule has 1 unspecified atom stereocenters. The third-order valence-electron chi connectivity index (χ3n) is 6.34. The smallest absolute Gasteiger partial charge is 0.387 e. The number of aliphatic hydroxyl groups is 1. The van der Waals surface area contributed by atoms with E-state index in [2.05, 4.69) is 30.9 Å². The molecule has 0 bridgehead atoms. The fraction of sp³-hybridized carbons (Fsp3) is 0.455. The van der Waals surface area contributed by atoms with Crippen LogP contribution in [0, 0.1) is 0 Å². The van der Waals surface area contributed by atoms with Gasteiger partial charge in [-0.2, -0.15) is 0 Å². The molecule has 0 radical (unpaired) electrons. The van der Waals surface area contributed by atoms with E-state index in [0.717, 1.165) is 5.69 Å². The number of aliphatic hydroxyl groups excluding tert-OH is 1. The van der Waals surface area contributed by atoms with E-state index < -0.39 is 32.4 Å². The van der Waals surface area contributed by atoms with Crippen LogP contribution in [0.4, 0.5) is 17.5 Å². The van der Waals surface area contributed by atoms with Gasteiger partial charge in [0, 0.05) is 25.8 Å². The molecule has 2 aliphatic rings.